The molecule has 0 saturated heterocycles. The smallest absolute Gasteiger partial charge is 0.255 e. The molecule has 1 atom stereocenters. The number of nitrogens with zero attached hydrogens (tertiary/aromatic N) is 1. The molecule has 1 aliphatic heterocycles. The summed E-state index contributed by atoms with van der Waals surface area (Å²) in [6.45, 7) is 0. The third-order valence-corrected chi connectivity index (χ3v) is 5.81. The Bertz CT molecular complexity index is 1150. The van der Waals surface area contributed by atoms with Crippen LogP contribution in [-0.2, 0) is 11.8 Å². The average molecular weight is 423 g/mol. The number of carbonyl (C=O) groups excluding carboxylic acids is 3. The lowest BCUT2D eigenvalue weighted by Gasteiger charge is -2.13. The number of fused-ring (bicyclic) bond motifs is 2. The molecule has 0 aliphatic carbocycles. The van der Waals surface area contributed by atoms with Crippen molar-refractivity contribution in [2.75, 3.05) is 22.6 Å². The SMILES string of the molecule is CSCCC1NC(=O)c2cc(NC(=O)c3ccc4ccn(C)c4c3)ccc2NC1=O. The summed E-state index contributed by atoms with van der Waals surface area (Å²) in [5, 5.41) is 9.47. The highest BCUT2D eigenvalue weighted by atomic mass is 32.2. The molecule has 3 N–H and O–H groups in total. The minimum absolute atomic E-state index is 0.233. The van der Waals surface area contributed by atoms with E-state index in [1.807, 2.05) is 42.3 Å². The minimum Gasteiger partial charge on any atom is -0.351 e. The molecule has 2 aromatic carbocycles. The van der Waals surface area contributed by atoms with Gasteiger partial charge >= 0.3 is 0 Å². The molecular formula is C22H22N4O3S. The van der Waals surface area contributed by atoms with Crippen molar-refractivity contribution < 1.29 is 14.4 Å². The second-order valence-electron chi connectivity index (χ2n) is 7.21. The van der Waals surface area contributed by atoms with Crippen molar-refractivity contribution in [3.8, 4) is 0 Å². The summed E-state index contributed by atoms with van der Waals surface area (Å²) in [5.74, 6) is -0.0739. The number of amides is 3. The molecule has 0 spiro atoms. The molecule has 1 aromatic heterocycles. The number of aryl methyl sites for hydroxylation is 1. The van der Waals surface area contributed by atoms with E-state index in [4.69, 9.17) is 0 Å². The zero-order chi connectivity index (χ0) is 21.3. The predicted molar refractivity (Wildman–Crippen MR) is 120 cm³/mol. The predicted octanol–water partition coefficient (Wildman–Crippen LogP) is 3.23. The van der Waals surface area contributed by atoms with Gasteiger partial charge < -0.3 is 20.5 Å². The first-order valence-electron chi connectivity index (χ1n) is 9.57. The number of hydrogen-bond donors (Lipinski definition) is 3. The summed E-state index contributed by atoms with van der Waals surface area (Å²) in [5.41, 5.74) is 2.73. The van der Waals surface area contributed by atoms with E-state index in [2.05, 4.69) is 16.0 Å². The zero-order valence-electron chi connectivity index (χ0n) is 16.7. The van der Waals surface area contributed by atoms with Crippen LogP contribution in [0.25, 0.3) is 10.9 Å². The van der Waals surface area contributed by atoms with Gasteiger partial charge in [-0.2, -0.15) is 11.8 Å². The zero-order valence-corrected chi connectivity index (χ0v) is 17.5. The van der Waals surface area contributed by atoms with Crippen LogP contribution in [-0.4, -0.2) is 40.3 Å². The number of anilines is 2. The molecule has 3 aromatic rings. The van der Waals surface area contributed by atoms with E-state index in [9.17, 15) is 14.4 Å². The highest BCUT2D eigenvalue weighted by molar-refractivity contribution is 7.98. The van der Waals surface area contributed by atoms with Crippen LogP contribution in [0.5, 0.6) is 0 Å². The Balaban J connectivity index is 1.55. The van der Waals surface area contributed by atoms with Crippen molar-refractivity contribution in [1.82, 2.24) is 9.88 Å². The number of nitrogens with one attached hydrogen (secondary N) is 3. The average Bonchev–Trinajstić information content (AvgIpc) is 3.06. The fourth-order valence-corrected chi connectivity index (χ4v) is 3.96. The summed E-state index contributed by atoms with van der Waals surface area (Å²) >= 11 is 1.62. The Morgan fingerprint density at radius 2 is 2.00 bits per heavy atom. The van der Waals surface area contributed by atoms with Gasteiger partial charge in [-0.1, -0.05) is 6.07 Å². The Hall–Kier alpha value is -3.26. The van der Waals surface area contributed by atoms with E-state index in [0.29, 0.717) is 28.9 Å². The summed E-state index contributed by atoms with van der Waals surface area (Å²) in [4.78, 5) is 37.8. The number of carbonyl (C=O) groups is 3. The molecule has 30 heavy (non-hydrogen) atoms. The van der Waals surface area contributed by atoms with Crippen LogP contribution in [0.15, 0.2) is 48.7 Å². The monoisotopic (exact) mass is 422 g/mol. The third-order valence-electron chi connectivity index (χ3n) is 5.16. The third kappa shape index (κ3) is 3.91. The van der Waals surface area contributed by atoms with Crippen LogP contribution in [0.2, 0.25) is 0 Å². The van der Waals surface area contributed by atoms with Gasteiger partial charge in [-0.15, -0.1) is 0 Å². The van der Waals surface area contributed by atoms with Crippen molar-refractivity contribution in [2.45, 2.75) is 12.5 Å². The molecule has 7 nitrogen and oxygen atoms in total. The van der Waals surface area contributed by atoms with Gasteiger partial charge in [-0.05, 0) is 60.2 Å². The van der Waals surface area contributed by atoms with Crippen LogP contribution >= 0.6 is 11.8 Å². The number of aromatic nitrogens is 1. The fraction of sp³-hybridized carbons (Fsp3) is 0.227. The maximum atomic E-state index is 12.7. The number of rotatable bonds is 5. The highest BCUT2D eigenvalue weighted by Crippen LogP contribution is 2.25. The molecule has 4 rings (SSSR count). The molecule has 3 amide bonds. The molecule has 0 fully saturated rings. The van der Waals surface area contributed by atoms with Crippen LogP contribution in [0.3, 0.4) is 0 Å². The molecule has 154 valence electrons. The molecule has 0 radical (unpaired) electrons. The van der Waals surface area contributed by atoms with Gasteiger partial charge in [0.15, 0.2) is 0 Å². The lowest BCUT2D eigenvalue weighted by Crippen LogP contribution is -2.41. The first-order chi connectivity index (χ1) is 14.5. The van der Waals surface area contributed by atoms with Crippen molar-refractivity contribution in [1.29, 1.82) is 0 Å². The van der Waals surface area contributed by atoms with Gasteiger partial charge in [-0.25, -0.2) is 0 Å². The molecular weight excluding hydrogens is 400 g/mol. The van der Waals surface area contributed by atoms with E-state index in [-0.39, 0.29) is 17.7 Å². The highest BCUT2D eigenvalue weighted by Gasteiger charge is 2.27. The Labute approximate surface area is 178 Å². The van der Waals surface area contributed by atoms with Crippen LogP contribution < -0.4 is 16.0 Å². The van der Waals surface area contributed by atoms with Crippen molar-refractivity contribution in [2.24, 2.45) is 7.05 Å². The van der Waals surface area contributed by atoms with Crippen LogP contribution in [0.4, 0.5) is 11.4 Å². The van der Waals surface area contributed by atoms with Crippen LogP contribution in [0, 0.1) is 0 Å². The van der Waals surface area contributed by atoms with Gasteiger partial charge in [-0.3, -0.25) is 14.4 Å². The fourth-order valence-electron chi connectivity index (χ4n) is 3.49. The second-order valence-corrected chi connectivity index (χ2v) is 8.20. The standard InChI is InChI=1S/C22H22N4O3S/c1-26-9-7-13-3-4-14(11-19(13)26)20(27)23-15-5-6-17-16(12-15)21(28)25-18(8-10-30-2)22(29)24-17/h3-7,9,11-12,18H,8,10H2,1-2H3,(H,23,27)(H,24,29)(H,25,28). The second kappa shape index (κ2) is 8.23. The summed E-state index contributed by atoms with van der Waals surface area (Å²) in [6, 6.07) is 11.8. The van der Waals surface area contributed by atoms with E-state index in [1.54, 1.807) is 36.0 Å². The van der Waals surface area contributed by atoms with Gasteiger partial charge in [0, 0.05) is 30.0 Å². The Kier molecular flexibility index (Phi) is 5.50. The van der Waals surface area contributed by atoms with Crippen molar-refractivity contribution in [3.63, 3.8) is 0 Å². The number of benzene rings is 2. The molecule has 1 unspecified atom stereocenters. The summed E-state index contributed by atoms with van der Waals surface area (Å²) in [7, 11) is 1.93. The summed E-state index contributed by atoms with van der Waals surface area (Å²) < 4.78 is 1.95. The number of hydrogen-bond acceptors (Lipinski definition) is 4. The van der Waals surface area contributed by atoms with E-state index in [1.165, 1.54) is 0 Å². The quantitative estimate of drug-likeness (QED) is 0.589. The summed E-state index contributed by atoms with van der Waals surface area (Å²) in [6.07, 6.45) is 4.45. The van der Waals surface area contributed by atoms with Gasteiger partial charge in [0.05, 0.1) is 11.3 Å². The maximum Gasteiger partial charge on any atom is 0.255 e. The first kappa shape index (κ1) is 20.0. The van der Waals surface area contributed by atoms with E-state index < -0.39 is 6.04 Å². The number of thioether (sulfide) groups is 1. The Morgan fingerprint density at radius 1 is 1.17 bits per heavy atom. The van der Waals surface area contributed by atoms with Crippen LogP contribution in [0.1, 0.15) is 27.1 Å². The molecule has 0 bridgehead atoms. The minimum atomic E-state index is -0.576. The molecule has 1 aliphatic rings. The lowest BCUT2D eigenvalue weighted by atomic mass is 10.1. The van der Waals surface area contributed by atoms with E-state index in [0.717, 1.165) is 16.7 Å². The van der Waals surface area contributed by atoms with Crippen molar-refractivity contribution >= 4 is 51.8 Å². The molecule has 0 saturated carbocycles. The van der Waals surface area contributed by atoms with Gasteiger partial charge in [0.25, 0.3) is 11.8 Å². The first-order valence-corrected chi connectivity index (χ1v) is 11.0. The van der Waals surface area contributed by atoms with Gasteiger partial charge in [0.1, 0.15) is 6.04 Å². The van der Waals surface area contributed by atoms with Crippen molar-refractivity contribution in [3.05, 3.63) is 59.8 Å². The normalized spacial score (nSPS) is 15.9. The Morgan fingerprint density at radius 3 is 2.80 bits per heavy atom. The topological polar surface area (TPSA) is 92.2 Å². The maximum absolute atomic E-state index is 12.7. The van der Waals surface area contributed by atoms with E-state index >= 15 is 0 Å². The molecule has 8 heteroatoms. The largest absolute Gasteiger partial charge is 0.351 e. The molecule has 2 heterocycles. The van der Waals surface area contributed by atoms with Gasteiger partial charge in [0.2, 0.25) is 5.91 Å². The lowest BCUT2D eigenvalue weighted by molar-refractivity contribution is -0.117.